The Morgan fingerprint density at radius 1 is 1.36 bits per heavy atom. The van der Waals surface area contributed by atoms with Gasteiger partial charge in [-0.05, 0) is 12.8 Å². The highest BCUT2D eigenvalue weighted by atomic mass is 14.9. The first kappa shape index (κ1) is 10.2. The Labute approximate surface area is 69.1 Å². The van der Waals surface area contributed by atoms with Crippen LogP contribution >= 0.6 is 0 Å². The summed E-state index contributed by atoms with van der Waals surface area (Å²) in [4.78, 5) is 7.20. The van der Waals surface area contributed by atoms with Crippen LogP contribution in [-0.2, 0) is 0 Å². The molecule has 1 heterocycles. The van der Waals surface area contributed by atoms with Crippen molar-refractivity contribution < 1.29 is 0 Å². The largest absolute Gasteiger partial charge is 0.348 e. The quantitative estimate of drug-likeness (QED) is 0.662. The number of aromatic nitrogens is 2. The summed E-state index contributed by atoms with van der Waals surface area (Å²) in [5.41, 5.74) is 2.36. The summed E-state index contributed by atoms with van der Waals surface area (Å²) in [6, 6.07) is 0. The number of hydrogen-bond acceptors (Lipinski definition) is 1. The summed E-state index contributed by atoms with van der Waals surface area (Å²) < 4.78 is 0. The molecule has 0 radical (unpaired) electrons. The lowest BCUT2D eigenvalue weighted by Gasteiger charge is -1.98. The van der Waals surface area contributed by atoms with Crippen molar-refractivity contribution >= 4 is 0 Å². The molecule has 64 valence electrons. The third-order valence-electron chi connectivity index (χ3n) is 1.42. The maximum atomic E-state index is 4.16. The Bertz CT molecular complexity index is 189. The van der Waals surface area contributed by atoms with Crippen molar-refractivity contribution in [2.75, 3.05) is 0 Å². The molecule has 0 aliphatic carbocycles. The van der Waals surface area contributed by atoms with E-state index in [1.165, 1.54) is 11.4 Å². The molecule has 1 N–H and O–H groups in total. The molecule has 0 spiro atoms. The van der Waals surface area contributed by atoms with Gasteiger partial charge in [-0.15, -0.1) is 0 Å². The first-order valence-electron chi connectivity index (χ1n) is 4.21. The van der Waals surface area contributed by atoms with Gasteiger partial charge < -0.3 is 4.98 Å². The Kier molecular flexibility index (Phi) is 4.59. The molecule has 0 aliphatic rings. The molecule has 11 heavy (non-hydrogen) atoms. The van der Waals surface area contributed by atoms with Crippen LogP contribution in [0.1, 0.15) is 45.0 Å². The van der Waals surface area contributed by atoms with Crippen molar-refractivity contribution in [3.8, 4) is 0 Å². The van der Waals surface area contributed by atoms with E-state index in [1.807, 2.05) is 20.8 Å². The molecule has 0 saturated carbocycles. The van der Waals surface area contributed by atoms with Crippen LogP contribution in [0.3, 0.4) is 0 Å². The molecule has 0 amide bonds. The van der Waals surface area contributed by atoms with Crippen molar-refractivity contribution in [1.82, 2.24) is 9.97 Å². The predicted octanol–water partition coefficient (Wildman–Crippen LogP) is 2.87. The second-order valence-electron chi connectivity index (χ2n) is 2.57. The van der Waals surface area contributed by atoms with Crippen molar-refractivity contribution in [3.63, 3.8) is 0 Å². The van der Waals surface area contributed by atoms with Gasteiger partial charge in [-0.25, -0.2) is 4.98 Å². The molecule has 1 rings (SSSR count). The van der Waals surface area contributed by atoms with E-state index in [1.54, 1.807) is 6.33 Å². The minimum absolute atomic E-state index is 0.538. The van der Waals surface area contributed by atoms with Gasteiger partial charge in [-0.3, -0.25) is 0 Å². The smallest absolute Gasteiger partial charge is 0.0925 e. The van der Waals surface area contributed by atoms with Gasteiger partial charge in [0.25, 0.3) is 0 Å². The number of nitrogens with one attached hydrogen (secondary N) is 1. The zero-order valence-electron chi connectivity index (χ0n) is 8.10. The molecular formula is C9H18N2. The first-order valence-corrected chi connectivity index (χ1v) is 4.21. The van der Waals surface area contributed by atoms with Crippen LogP contribution in [0.4, 0.5) is 0 Å². The highest BCUT2D eigenvalue weighted by Gasteiger charge is 2.03. The normalized spacial score (nSPS) is 9.27. The number of aromatic amines is 1. The topological polar surface area (TPSA) is 28.7 Å². The van der Waals surface area contributed by atoms with Crippen LogP contribution in [0.5, 0.6) is 0 Å². The van der Waals surface area contributed by atoms with Crippen molar-refractivity contribution in [1.29, 1.82) is 0 Å². The lowest BCUT2D eigenvalue weighted by Crippen LogP contribution is -1.89. The van der Waals surface area contributed by atoms with E-state index < -0.39 is 0 Å². The SMILES string of the molecule is CC.Cc1[nH]cnc1C(C)C. The number of aryl methyl sites for hydroxylation is 1. The maximum absolute atomic E-state index is 4.16. The van der Waals surface area contributed by atoms with Gasteiger partial charge >= 0.3 is 0 Å². The molecule has 2 heteroatoms. The van der Waals surface area contributed by atoms with Crippen LogP contribution in [0.25, 0.3) is 0 Å². The first-order chi connectivity index (χ1) is 5.22. The summed E-state index contributed by atoms with van der Waals surface area (Å²) in [6.45, 7) is 10.3. The zero-order valence-corrected chi connectivity index (χ0v) is 8.10. The van der Waals surface area contributed by atoms with Crippen molar-refractivity contribution in [2.24, 2.45) is 0 Å². The second-order valence-corrected chi connectivity index (χ2v) is 2.57. The number of H-pyrrole nitrogens is 1. The summed E-state index contributed by atoms with van der Waals surface area (Å²) in [7, 11) is 0. The molecule has 0 saturated heterocycles. The van der Waals surface area contributed by atoms with E-state index in [0.717, 1.165) is 0 Å². The highest BCUT2D eigenvalue weighted by Crippen LogP contribution is 2.12. The molecule has 1 aromatic heterocycles. The van der Waals surface area contributed by atoms with E-state index in [9.17, 15) is 0 Å². The van der Waals surface area contributed by atoms with E-state index >= 15 is 0 Å². The fraction of sp³-hybridized carbons (Fsp3) is 0.667. The summed E-state index contributed by atoms with van der Waals surface area (Å²) in [5.74, 6) is 0.538. The third kappa shape index (κ3) is 2.74. The molecule has 0 atom stereocenters. The van der Waals surface area contributed by atoms with Crippen LogP contribution in [0, 0.1) is 6.92 Å². The number of rotatable bonds is 1. The number of nitrogens with zero attached hydrogens (tertiary/aromatic N) is 1. The Balaban J connectivity index is 0.000000461. The number of hydrogen-bond donors (Lipinski definition) is 1. The van der Waals surface area contributed by atoms with Gasteiger partial charge in [-0.2, -0.15) is 0 Å². The van der Waals surface area contributed by atoms with E-state index in [0.29, 0.717) is 5.92 Å². The lowest BCUT2D eigenvalue weighted by atomic mass is 10.1. The van der Waals surface area contributed by atoms with Crippen LogP contribution in [0.15, 0.2) is 6.33 Å². The van der Waals surface area contributed by atoms with Gasteiger partial charge in [-0.1, -0.05) is 27.7 Å². The number of imidazole rings is 1. The minimum atomic E-state index is 0.538. The maximum Gasteiger partial charge on any atom is 0.0925 e. The van der Waals surface area contributed by atoms with Gasteiger partial charge in [0, 0.05) is 5.69 Å². The Hall–Kier alpha value is -0.790. The monoisotopic (exact) mass is 154 g/mol. The molecule has 0 aliphatic heterocycles. The molecule has 0 fully saturated rings. The highest BCUT2D eigenvalue weighted by molar-refractivity contribution is 5.12. The lowest BCUT2D eigenvalue weighted by molar-refractivity contribution is 0.822. The third-order valence-corrected chi connectivity index (χ3v) is 1.42. The molecule has 0 aromatic carbocycles. The van der Waals surface area contributed by atoms with Gasteiger partial charge in [0.1, 0.15) is 0 Å². The minimum Gasteiger partial charge on any atom is -0.348 e. The standard InChI is InChI=1S/C7H12N2.C2H6/c1-5(2)7-6(3)8-4-9-7;1-2/h4-5H,1-3H3,(H,8,9);1-2H3. The van der Waals surface area contributed by atoms with Gasteiger partial charge in [0.15, 0.2) is 0 Å². The van der Waals surface area contributed by atoms with Gasteiger partial charge in [0.05, 0.1) is 12.0 Å². The van der Waals surface area contributed by atoms with Crippen LogP contribution in [0.2, 0.25) is 0 Å². The molecular weight excluding hydrogens is 136 g/mol. The molecule has 0 bridgehead atoms. The zero-order chi connectivity index (χ0) is 8.85. The van der Waals surface area contributed by atoms with Crippen LogP contribution < -0.4 is 0 Å². The fourth-order valence-electron chi connectivity index (χ4n) is 0.951. The van der Waals surface area contributed by atoms with Crippen LogP contribution in [-0.4, -0.2) is 9.97 Å². The average Bonchev–Trinajstić information content (AvgIpc) is 2.39. The van der Waals surface area contributed by atoms with E-state index in [-0.39, 0.29) is 0 Å². The summed E-state index contributed by atoms with van der Waals surface area (Å²) in [6.07, 6.45) is 1.74. The molecule has 0 unspecified atom stereocenters. The summed E-state index contributed by atoms with van der Waals surface area (Å²) in [5, 5.41) is 0. The Morgan fingerprint density at radius 3 is 2.09 bits per heavy atom. The molecule has 1 aromatic rings. The second kappa shape index (κ2) is 4.94. The molecule has 2 nitrogen and oxygen atoms in total. The van der Waals surface area contributed by atoms with E-state index in [2.05, 4.69) is 23.8 Å². The van der Waals surface area contributed by atoms with Crippen molar-refractivity contribution in [3.05, 3.63) is 17.7 Å². The average molecular weight is 154 g/mol. The van der Waals surface area contributed by atoms with Gasteiger partial charge in [0.2, 0.25) is 0 Å². The fourth-order valence-corrected chi connectivity index (χ4v) is 0.951. The Morgan fingerprint density at radius 2 is 1.91 bits per heavy atom. The van der Waals surface area contributed by atoms with E-state index in [4.69, 9.17) is 0 Å². The predicted molar refractivity (Wildman–Crippen MR) is 48.8 cm³/mol. The summed E-state index contributed by atoms with van der Waals surface area (Å²) >= 11 is 0. The van der Waals surface area contributed by atoms with Crippen molar-refractivity contribution in [2.45, 2.75) is 40.5 Å².